The Morgan fingerprint density at radius 1 is 1.73 bits per heavy atom. The number of hydrogen-bond acceptors (Lipinski definition) is 2. The number of β-amino-alcohol motifs (C(OH)–C–C–N with tert-alkyl or cyclic N) is 1. The number of piperidine rings is 1. The van der Waals surface area contributed by atoms with Crippen molar-refractivity contribution >= 4 is 6.03 Å². The first-order chi connectivity index (χ1) is 5.24. The second-order valence-electron chi connectivity index (χ2n) is 2.80. The van der Waals surface area contributed by atoms with Crippen molar-refractivity contribution in [3.05, 3.63) is 0 Å². The van der Waals surface area contributed by atoms with Crippen LogP contribution in [0.3, 0.4) is 0 Å². The summed E-state index contributed by atoms with van der Waals surface area (Å²) < 4.78 is 0. The number of rotatable bonds is 0. The summed E-state index contributed by atoms with van der Waals surface area (Å²) in [6, 6.07) is -0.0937. The molecule has 0 saturated carbocycles. The Labute approximate surface area is 66.2 Å². The molecule has 0 aromatic carbocycles. The number of aliphatic hydroxyl groups excluding tert-OH is 1. The van der Waals surface area contributed by atoms with E-state index in [1.807, 2.05) is 0 Å². The van der Waals surface area contributed by atoms with Crippen LogP contribution in [0.25, 0.3) is 0 Å². The number of carbonyl (C=O) groups excluding carboxylic acids is 1. The van der Waals surface area contributed by atoms with Crippen molar-refractivity contribution in [3.63, 3.8) is 0 Å². The van der Waals surface area contributed by atoms with Gasteiger partial charge in [0, 0.05) is 20.1 Å². The molecule has 1 aliphatic rings. The van der Waals surface area contributed by atoms with Crippen LogP contribution < -0.4 is 5.32 Å². The van der Waals surface area contributed by atoms with Crippen LogP contribution in [0.4, 0.5) is 4.79 Å². The van der Waals surface area contributed by atoms with Gasteiger partial charge in [-0.2, -0.15) is 0 Å². The lowest BCUT2D eigenvalue weighted by Gasteiger charge is -2.29. The molecule has 0 spiro atoms. The maximum Gasteiger partial charge on any atom is 0.317 e. The molecular weight excluding hydrogens is 144 g/mol. The molecular formula is C7H14N2O2. The molecule has 1 atom stereocenters. The van der Waals surface area contributed by atoms with E-state index in [0.717, 1.165) is 19.4 Å². The van der Waals surface area contributed by atoms with Gasteiger partial charge < -0.3 is 15.3 Å². The molecule has 11 heavy (non-hydrogen) atoms. The quantitative estimate of drug-likeness (QED) is 0.512. The molecule has 1 saturated heterocycles. The third kappa shape index (κ3) is 2.08. The van der Waals surface area contributed by atoms with Gasteiger partial charge >= 0.3 is 6.03 Å². The Hall–Kier alpha value is -0.770. The van der Waals surface area contributed by atoms with Crippen molar-refractivity contribution in [1.29, 1.82) is 0 Å². The number of carbonyl (C=O) groups is 1. The number of likely N-dealkylation sites (tertiary alicyclic amines) is 1. The fraction of sp³-hybridized carbons (Fsp3) is 0.857. The van der Waals surface area contributed by atoms with E-state index >= 15 is 0 Å². The predicted octanol–water partition coefficient (Wildman–Crippen LogP) is -0.217. The van der Waals surface area contributed by atoms with Gasteiger partial charge in [-0.1, -0.05) is 0 Å². The highest BCUT2D eigenvalue weighted by Crippen LogP contribution is 2.08. The van der Waals surface area contributed by atoms with Gasteiger partial charge in [0.05, 0.1) is 6.10 Å². The summed E-state index contributed by atoms with van der Waals surface area (Å²) in [7, 11) is 1.60. The zero-order valence-electron chi connectivity index (χ0n) is 6.71. The number of nitrogens with one attached hydrogen (secondary N) is 1. The van der Waals surface area contributed by atoms with Gasteiger partial charge in [-0.25, -0.2) is 4.79 Å². The molecule has 1 rings (SSSR count). The minimum Gasteiger partial charge on any atom is -0.391 e. The first kappa shape index (κ1) is 8.33. The van der Waals surface area contributed by atoms with Crippen molar-refractivity contribution in [2.24, 2.45) is 0 Å². The molecule has 0 aromatic rings. The number of aliphatic hydroxyl groups is 1. The zero-order valence-corrected chi connectivity index (χ0v) is 6.71. The third-order valence-electron chi connectivity index (χ3n) is 1.90. The lowest BCUT2D eigenvalue weighted by molar-refractivity contribution is 0.0849. The van der Waals surface area contributed by atoms with Crippen LogP contribution in [0.15, 0.2) is 0 Å². The molecule has 0 radical (unpaired) electrons. The number of amides is 2. The molecule has 4 heteroatoms. The first-order valence-corrected chi connectivity index (χ1v) is 3.88. The fourth-order valence-electron chi connectivity index (χ4n) is 1.30. The Morgan fingerprint density at radius 3 is 3.00 bits per heavy atom. The maximum atomic E-state index is 11.0. The van der Waals surface area contributed by atoms with Crippen molar-refractivity contribution in [2.75, 3.05) is 20.1 Å². The smallest absolute Gasteiger partial charge is 0.317 e. The molecule has 0 aromatic heterocycles. The van der Waals surface area contributed by atoms with Gasteiger partial charge in [-0.15, -0.1) is 0 Å². The second-order valence-corrected chi connectivity index (χ2v) is 2.80. The molecule has 1 unspecified atom stereocenters. The van der Waals surface area contributed by atoms with E-state index < -0.39 is 0 Å². The summed E-state index contributed by atoms with van der Waals surface area (Å²) in [5, 5.41) is 11.7. The highest BCUT2D eigenvalue weighted by Gasteiger charge is 2.20. The first-order valence-electron chi connectivity index (χ1n) is 3.88. The molecule has 2 N–H and O–H groups in total. The van der Waals surface area contributed by atoms with E-state index in [-0.39, 0.29) is 12.1 Å². The normalized spacial score (nSPS) is 24.9. The molecule has 1 heterocycles. The standard InChI is InChI=1S/C7H14N2O2/c1-8-7(11)9-4-2-3-6(10)5-9/h6,10H,2-5H2,1H3,(H,8,11). The maximum absolute atomic E-state index is 11.0. The highest BCUT2D eigenvalue weighted by molar-refractivity contribution is 5.73. The van der Waals surface area contributed by atoms with Crippen molar-refractivity contribution < 1.29 is 9.90 Å². The summed E-state index contributed by atoms with van der Waals surface area (Å²) in [6.07, 6.45) is 1.38. The van der Waals surface area contributed by atoms with Crippen LogP contribution in [-0.2, 0) is 0 Å². The average Bonchev–Trinajstić information content (AvgIpc) is 2.03. The van der Waals surface area contributed by atoms with Crippen molar-refractivity contribution in [2.45, 2.75) is 18.9 Å². The molecule has 4 nitrogen and oxygen atoms in total. The van der Waals surface area contributed by atoms with Crippen LogP contribution in [0, 0.1) is 0 Å². The van der Waals surface area contributed by atoms with E-state index in [4.69, 9.17) is 0 Å². The summed E-state index contributed by atoms with van der Waals surface area (Å²) in [6.45, 7) is 1.23. The van der Waals surface area contributed by atoms with E-state index in [2.05, 4.69) is 5.32 Å². The third-order valence-corrected chi connectivity index (χ3v) is 1.90. The van der Waals surface area contributed by atoms with E-state index in [1.165, 1.54) is 0 Å². The van der Waals surface area contributed by atoms with Crippen LogP contribution >= 0.6 is 0 Å². The van der Waals surface area contributed by atoms with Gasteiger partial charge in [-0.05, 0) is 12.8 Å². The topological polar surface area (TPSA) is 52.6 Å². The Balaban J connectivity index is 2.39. The van der Waals surface area contributed by atoms with Gasteiger partial charge in [0.15, 0.2) is 0 Å². The molecule has 0 aliphatic carbocycles. The van der Waals surface area contributed by atoms with E-state index in [0.29, 0.717) is 6.54 Å². The summed E-state index contributed by atoms with van der Waals surface area (Å²) in [4.78, 5) is 12.6. The van der Waals surface area contributed by atoms with Crippen molar-refractivity contribution in [1.82, 2.24) is 10.2 Å². The van der Waals surface area contributed by atoms with E-state index in [1.54, 1.807) is 11.9 Å². The van der Waals surface area contributed by atoms with Crippen molar-refractivity contribution in [3.8, 4) is 0 Å². The lowest BCUT2D eigenvalue weighted by Crippen LogP contribution is -2.46. The second kappa shape index (κ2) is 3.57. The fourth-order valence-corrected chi connectivity index (χ4v) is 1.30. The highest BCUT2D eigenvalue weighted by atomic mass is 16.3. The van der Waals surface area contributed by atoms with Gasteiger partial charge in [0.2, 0.25) is 0 Å². The van der Waals surface area contributed by atoms with E-state index in [9.17, 15) is 9.90 Å². The van der Waals surface area contributed by atoms with Crippen LogP contribution in [-0.4, -0.2) is 42.3 Å². The number of nitrogens with zero attached hydrogens (tertiary/aromatic N) is 1. The molecule has 0 bridgehead atoms. The Bertz CT molecular complexity index is 149. The minimum absolute atomic E-state index is 0.0937. The molecule has 1 fully saturated rings. The van der Waals surface area contributed by atoms with Gasteiger partial charge in [0.25, 0.3) is 0 Å². The zero-order chi connectivity index (χ0) is 8.27. The monoisotopic (exact) mass is 158 g/mol. The summed E-state index contributed by atoms with van der Waals surface area (Å²) in [5.74, 6) is 0. The number of hydrogen-bond donors (Lipinski definition) is 2. The summed E-state index contributed by atoms with van der Waals surface area (Å²) >= 11 is 0. The minimum atomic E-state index is -0.332. The number of urea groups is 1. The van der Waals surface area contributed by atoms with Crippen LogP contribution in [0.1, 0.15) is 12.8 Å². The summed E-state index contributed by atoms with van der Waals surface area (Å²) in [5.41, 5.74) is 0. The molecule has 2 amide bonds. The average molecular weight is 158 g/mol. The molecule has 64 valence electrons. The van der Waals surface area contributed by atoms with Gasteiger partial charge in [-0.3, -0.25) is 0 Å². The lowest BCUT2D eigenvalue weighted by atomic mass is 10.1. The molecule has 1 aliphatic heterocycles. The SMILES string of the molecule is CNC(=O)N1CCCC(O)C1. The predicted molar refractivity (Wildman–Crippen MR) is 41.3 cm³/mol. The Kier molecular flexibility index (Phi) is 2.70. The largest absolute Gasteiger partial charge is 0.391 e. The Morgan fingerprint density at radius 2 is 2.45 bits per heavy atom. The van der Waals surface area contributed by atoms with Crippen LogP contribution in [0.5, 0.6) is 0 Å². The van der Waals surface area contributed by atoms with Crippen LogP contribution in [0.2, 0.25) is 0 Å². The van der Waals surface area contributed by atoms with Gasteiger partial charge in [0.1, 0.15) is 0 Å².